The summed E-state index contributed by atoms with van der Waals surface area (Å²) >= 11 is 0. The number of benzene rings is 3. The Morgan fingerprint density at radius 3 is 2.28 bits per heavy atom. The second kappa shape index (κ2) is 9.07. The lowest BCUT2D eigenvalue weighted by atomic mass is 10.1. The number of aliphatic imine (C=N–C) groups is 1. The van der Waals surface area contributed by atoms with E-state index in [2.05, 4.69) is 4.99 Å². The molecule has 3 aromatic carbocycles. The van der Waals surface area contributed by atoms with Gasteiger partial charge in [0.05, 0.1) is 18.5 Å². The summed E-state index contributed by atoms with van der Waals surface area (Å²) in [5.74, 6) is 0.216. The Morgan fingerprint density at radius 2 is 1.61 bits per heavy atom. The largest absolute Gasteiger partial charge is 0.504 e. The number of anilines is 1. The molecule has 0 radical (unpaired) electrons. The Hall–Kier alpha value is -4.85. The summed E-state index contributed by atoms with van der Waals surface area (Å²) in [4.78, 5) is 33.6. The van der Waals surface area contributed by atoms with Crippen molar-refractivity contribution in [2.75, 3.05) is 12.0 Å². The highest BCUT2D eigenvalue weighted by Gasteiger charge is 2.37. The van der Waals surface area contributed by atoms with Gasteiger partial charge in [-0.05, 0) is 42.8 Å². The molecule has 0 spiro atoms. The number of carbonyl (C=O) groups is 1. The van der Waals surface area contributed by atoms with Gasteiger partial charge >= 0.3 is 0 Å². The first-order valence-corrected chi connectivity index (χ1v) is 11.3. The molecule has 2 heterocycles. The molecular weight excluding hydrogens is 456 g/mol. The number of nitrogens with zero attached hydrogens (tertiary/aromatic N) is 4. The van der Waals surface area contributed by atoms with E-state index in [1.54, 1.807) is 36.9 Å². The Morgan fingerprint density at radius 1 is 0.944 bits per heavy atom. The van der Waals surface area contributed by atoms with Gasteiger partial charge < -0.3 is 9.84 Å². The summed E-state index contributed by atoms with van der Waals surface area (Å²) in [6.45, 7) is 1.80. The van der Waals surface area contributed by atoms with Gasteiger partial charge in [-0.25, -0.2) is 9.67 Å². The third-order valence-electron chi connectivity index (χ3n) is 6.15. The molecule has 0 saturated heterocycles. The third-order valence-corrected chi connectivity index (χ3v) is 6.15. The van der Waals surface area contributed by atoms with Gasteiger partial charge in [0.15, 0.2) is 11.5 Å². The number of rotatable bonds is 5. The number of hydrogen-bond donors (Lipinski definition) is 1. The number of phenolic OH excluding ortho intramolecular Hbond substituents is 1. The van der Waals surface area contributed by atoms with Crippen LogP contribution in [0.25, 0.3) is 11.8 Å². The van der Waals surface area contributed by atoms with Crippen molar-refractivity contribution >= 4 is 23.5 Å². The monoisotopic (exact) mass is 480 g/mol. The van der Waals surface area contributed by atoms with Gasteiger partial charge in [-0.3, -0.25) is 19.2 Å². The van der Waals surface area contributed by atoms with Gasteiger partial charge in [-0.1, -0.05) is 54.6 Å². The Kier molecular flexibility index (Phi) is 5.77. The molecule has 8 heteroatoms. The van der Waals surface area contributed by atoms with Crippen LogP contribution in [0.2, 0.25) is 0 Å². The minimum atomic E-state index is -0.424. The van der Waals surface area contributed by atoms with Gasteiger partial charge in [0, 0.05) is 12.6 Å². The number of para-hydroxylation sites is 1. The molecule has 1 amide bonds. The molecule has 0 saturated carbocycles. The van der Waals surface area contributed by atoms with E-state index >= 15 is 0 Å². The van der Waals surface area contributed by atoms with Crippen molar-refractivity contribution < 1.29 is 14.6 Å². The molecule has 36 heavy (non-hydrogen) atoms. The van der Waals surface area contributed by atoms with Crippen molar-refractivity contribution in [1.29, 1.82) is 0 Å². The van der Waals surface area contributed by atoms with Crippen LogP contribution >= 0.6 is 0 Å². The van der Waals surface area contributed by atoms with Gasteiger partial charge in [-0.15, -0.1) is 0 Å². The maximum Gasteiger partial charge on any atom is 0.296 e. The average molecular weight is 481 g/mol. The summed E-state index contributed by atoms with van der Waals surface area (Å²) in [6.07, 6.45) is 1.61. The van der Waals surface area contributed by atoms with Crippen LogP contribution in [0.5, 0.6) is 11.5 Å². The molecule has 1 aliphatic heterocycles. The number of methoxy groups -OCH3 is 1. The van der Waals surface area contributed by atoms with E-state index < -0.39 is 5.91 Å². The number of phenols is 1. The molecule has 0 bridgehead atoms. The molecule has 1 aliphatic rings. The van der Waals surface area contributed by atoms with E-state index in [1.807, 2.05) is 60.7 Å². The third kappa shape index (κ3) is 3.78. The number of carbonyl (C=O) groups excluding carboxylic acids is 1. The Balaban J connectivity index is 1.69. The molecule has 8 nitrogen and oxygen atoms in total. The minimum absolute atomic E-state index is 0.00567. The summed E-state index contributed by atoms with van der Waals surface area (Å²) < 4.78 is 8.46. The molecule has 4 aromatic rings. The molecular formula is C28H24N4O4. The van der Waals surface area contributed by atoms with Crippen molar-refractivity contribution in [2.24, 2.45) is 12.0 Å². The van der Waals surface area contributed by atoms with Crippen molar-refractivity contribution in [2.45, 2.75) is 6.92 Å². The van der Waals surface area contributed by atoms with Gasteiger partial charge in [-0.2, -0.15) is 0 Å². The fourth-order valence-corrected chi connectivity index (χ4v) is 4.26. The molecule has 5 rings (SSSR count). The lowest BCUT2D eigenvalue weighted by molar-refractivity contribution is -0.113. The normalized spacial score (nSPS) is 14.4. The van der Waals surface area contributed by atoms with E-state index in [0.717, 1.165) is 0 Å². The molecule has 0 aliphatic carbocycles. The zero-order chi connectivity index (χ0) is 25.4. The van der Waals surface area contributed by atoms with Crippen LogP contribution < -0.4 is 15.2 Å². The van der Waals surface area contributed by atoms with Crippen molar-refractivity contribution in [1.82, 2.24) is 9.36 Å². The molecule has 1 N–H and O–H groups in total. The average Bonchev–Trinajstić information content (AvgIpc) is 3.32. The van der Waals surface area contributed by atoms with E-state index in [9.17, 15) is 14.7 Å². The summed E-state index contributed by atoms with van der Waals surface area (Å²) in [5.41, 5.74) is 2.70. The second-order valence-corrected chi connectivity index (χ2v) is 8.31. The maximum atomic E-state index is 13.8. The highest BCUT2D eigenvalue weighted by Crippen LogP contribution is 2.31. The van der Waals surface area contributed by atoms with E-state index in [1.165, 1.54) is 22.8 Å². The number of aromatic nitrogens is 2. The quantitative estimate of drug-likeness (QED) is 0.437. The van der Waals surface area contributed by atoms with E-state index in [0.29, 0.717) is 28.3 Å². The van der Waals surface area contributed by atoms with Crippen LogP contribution in [0.3, 0.4) is 0 Å². The topological polar surface area (TPSA) is 89.1 Å². The minimum Gasteiger partial charge on any atom is -0.504 e. The lowest BCUT2D eigenvalue weighted by Gasteiger charge is -2.17. The number of ether oxygens (including phenoxy) is 1. The fourth-order valence-electron chi connectivity index (χ4n) is 4.26. The van der Waals surface area contributed by atoms with E-state index in [4.69, 9.17) is 4.74 Å². The lowest BCUT2D eigenvalue weighted by Crippen LogP contribution is -2.36. The Labute approximate surface area is 207 Å². The van der Waals surface area contributed by atoms with Crippen molar-refractivity contribution in [3.63, 3.8) is 0 Å². The predicted molar refractivity (Wildman–Crippen MR) is 139 cm³/mol. The van der Waals surface area contributed by atoms with Gasteiger partial charge in [0.25, 0.3) is 11.5 Å². The van der Waals surface area contributed by atoms with Crippen LogP contribution in [0.15, 0.2) is 94.3 Å². The second-order valence-electron chi connectivity index (χ2n) is 8.31. The zero-order valence-corrected chi connectivity index (χ0v) is 20.0. The first-order chi connectivity index (χ1) is 17.4. The zero-order valence-electron chi connectivity index (χ0n) is 20.0. The Bertz CT molecular complexity index is 1580. The van der Waals surface area contributed by atoms with Crippen LogP contribution in [0.1, 0.15) is 16.8 Å². The smallest absolute Gasteiger partial charge is 0.296 e. The van der Waals surface area contributed by atoms with E-state index in [-0.39, 0.29) is 28.4 Å². The highest BCUT2D eigenvalue weighted by molar-refractivity contribution is 6.33. The first-order valence-electron chi connectivity index (χ1n) is 11.3. The number of amides is 1. The van der Waals surface area contributed by atoms with Crippen molar-refractivity contribution in [3.8, 4) is 17.2 Å². The molecule has 180 valence electrons. The fraction of sp³-hybridized carbons (Fsp3) is 0.107. The maximum absolute atomic E-state index is 13.8. The first kappa shape index (κ1) is 22.9. The van der Waals surface area contributed by atoms with Crippen LogP contribution in [0.4, 0.5) is 5.69 Å². The van der Waals surface area contributed by atoms with Crippen molar-refractivity contribution in [3.05, 3.63) is 112 Å². The number of hydrogen-bond acceptors (Lipinski definition) is 5. The summed E-state index contributed by atoms with van der Waals surface area (Å²) in [7, 11) is 3.24. The summed E-state index contributed by atoms with van der Waals surface area (Å²) in [6, 6.07) is 23.3. The predicted octanol–water partition coefficient (Wildman–Crippen LogP) is 4.03. The number of aromatic hydroxyl groups is 1. The SMILES string of the molecule is COc1cc(C=C2N=C(c3ccccc3)N(c3c(C)n(C)n(-c4ccccc4)c3=O)C2=O)ccc1O. The molecule has 1 aromatic heterocycles. The van der Waals surface area contributed by atoms with Gasteiger partial charge in [0.2, 0.25) is 0 Å². The van der Waals surface area contributed by atoms with Crippen LogP contribution in [0, 0.1) is 6.92 Å². The molecule has 0 fully saturated rings. The standard InChI is InChI=1S/C28H24N4O4/c1-18-25(28(35)32(30(18)2)21-12-8-5-9-13-21)31-26(20-10-6-4-7-11-20)29-22(27(31)34)16-19-14-15-23(33)24(17-19)36-3/h4-17,33H,1-3H3. The van der Waals surface area contributed by atoms with Gasteiger partial charge in [0.1, 0.15) is 17.2 Å². The number of amidine groups is 1. The summed E-state index contributed by atoms with van der Waals surface area (Å²) in [5, 5.41) is 9.92. The molecule has 0 unspecified atom stereocenters. The van der Waals surface area contributed by atoms with Crippen LogP contribution in [-0.2, 0) is 11.8 Å². The van der Waals surface area contributed by atoms with Crippen LogP contribution in [-0.4, -0.2) is 33.3 Å². The highest BCUT2D eigenvalue weighted by atomic mass is 16.5. The molecule has 0 atom stereocenters.